The summed E-state index contributed by atoms with van der Waals surface area (Å²) in [6.45, 7) is 0. The second-order valence-corrected chi connectivity index (χ2v) is 4.46. The summed E-state index contributed by atoms with van der Waals surface area (Å²) in [5.74, 6) is 1.68. The normalized spacial score (nSPS) is 20.3. The van der Waals surface area contributed by atoms with Crippen LogP contribution in [0.15, 0.2) is 18.2 Å². The third-order valence-electron chi connectivity index (χ3n) is 2.97. The second-order valence-electron chi connectivity index (χ2n) is 3.81. The first-order valence-electron chi connectivity index (χ1n) is 5.08. The van der Waals surface area contributed by atoms with E-state index in [0.717, 1.165) is 11.1 Å². The van der Waals surface area contributed by atoms with Gasteiger partial charge in [0.1, 0.15) is 5.75 Å². The molecule has 0 saturated heterocycles. The van der Waals surface area contributed by atoms with Gasteiger partial charge in [-0.25, -0.2) is 0 Å². The van der Waals surface area contributed by atoms with Gasteiger partial charge in [-0.3, -0.25) is 0 Å². The Labute approximate surface area is 93.6 Å². The topological polar surface area (TPSA) is 9.23 Å². The molecular formula is C12H15BrO. The molecular weight excluding hydrogens is 240 g/mol. The summed E-state index contributed by atoms with van der Waals surface area (Å²) >= 11 is 3.59. The molecule has 1 aliphatic rings. The SMILES string of the molecule is COc1ccc2c(c1)CCCC2CBr. The largest absolute Gasteiger partial charge is 0.497 e. The summed E-state index contributed by atoms with van der Waals surface area (Å²) in [4.78, 5) is 0. The highest BCUT2D eigenvalue weighted by atomic mass is 79.9. The lowest BCUT2D eigenvalue weighted by molar-refractivity contribution is 0.413. The van der Waals surface area contributed by atoms with Crippen molar-refractivity contribution in [3.05, 3.63) is 29.3 Å². The van der Waals surface area contributed by atoms with Crippen LogP contribution < -0.4 is 4.74 Å². The maximum Gasteiger partial charge on any atom is 0.119 e. The Morgan fingerprint density at radius 3 is 3.07 bits per heavy atom. The number of halogens is 1. The lowest BCUT2D eigenvalue weighted by Crippen LogP contribution is -2.10. The number of hydrogen-bond acceptors (Lipinski definition) is 1. The Kier molecular flexibility index (Phi) is 3.12. The first kappa shape index (κ1) is 10.0. The average molecular weight is 255 g/mol. The molecule has 1 atom stereocenters. The summed E-state index contributed by atoms with van der Waals surface area (Å²) in [6.07, 6.45) is 3.82. The minimum Gasteiger partial charge on any atom is -0.497 e. The van der Waals surface area contributed by atoms with E-state index >= 15 is 0 Å². The van der Waals surface area contributed by atoms with Crippen LogP contribution in [0.1, 0.15) is 29.9 Å². The van der Waals surface area contributed by atoms with Crippen LogP contribution in [0.25, 0.3) is 0 Å². The van der Waals surface area contributed by atoms with Crippen molar-refractivity contribution in [3.63, 3.8) is 0 Å². The van der Waals surface area contributed by atoms with E-state index in [-0.39, 0.29) is 0 Å². The molecule has 1 nitrogen and oxygen atoms in total. The van der Waals surface area contributed by atoms with Crippen molar-refractivity contribution in [2.45, 2.75) is 25.2 Å². The van der Waals surface area contributed by atoms with E-state index in [0.29, 0.717) is 5.92 Å². The van der Waals surface area contributed by atoms with Crippen LogP contribution in [0.4, 0.5) is 0 Å². The van der Waals surface area contributed by atoms with Crippen LogP contribution >= 0.6 is 15.9 Å². The van der Waals surface area contributed by atoms with Gasteiger partial charge in [-0.1, -0.05) is 22.0 Å². The molecule has 76 valence electrons. The molecule has 0 aromatic heterocycles. The van der Waals surface area contributed by atoms with Crippen molar-refractivity contribution in [1.82, 2.24) is 0 Å². The molecule has 0 spiro atoms. The smallest absolute Gasteiger partial charge is 0.119 e. The van der Waals surface area contributed by atoms with Crippen LogP contribution in [-0.2, 0) is 6.42 Å². The molecule has 0 radical (unpaired) electrons. The highest BCUT2D eigenvalue weighted by Gasteiger charge is 2.19. The summed E-state index contributed by atoms with van der Waals surface area (Å²) in [5.41, 5.74) is 2.98. The standard InChI is InChI=1S/C12H15BrO/c1-14-11-5-6-12-9(7-11)3-2-4-10(12)8-13/h5-7,10H,2-4,8H2,1H3. The molecule has 0 N–H and O–H groups in total. The molecule has 0 bridgehead atoms. The monoisotopic (exact) mass is 254 g/mol. The van der Waals surface area contributed by atoms with Crippen molar-refractivity contribution < 1.29 is 4.74 Å². The molecule has 0 aliphatic heterocycles. The van der Waals surface area contributed by atoms with Crippen molar-refractivity contribution in [1.29, 1.82) is 0 Å². The quantitative estimate of drug-likeness (QED) is 0.735. The number of ether oxygens (including phenoxy) is 1. The number of alkyl halides is 1. The van der Waals surface area contributed by atoms with E-state index in [9.17, 15) is 0 Å². The maximum absolute atomic E-state index is 5.24. The molecule has 0 fully saturated rings. The van der Waals surface area contributed by atoms with Gasteiger partial charge in [-0.05, 0) is 48.4 Å². The van der Waals surface area contributed by atoms with Crippen molar-refractivity contribution in [2.24, 2.45) is 0 Å². The van der Waals surface area contributed by atoms with Gasteiger partial charge in [0.2, 0.25) is 0 Å². The van der Waals surface area contributed by atoms with Crippen molar-refractivity contribution >= 4 is 15.9 Å². The number of benzene rings is 1. The molecule has 0 heterocycles. The van der Waals surface area contributed by atoms with Crippen LogP contribution in [0.5, 0.6) is 5.75 Å². The summed E-state index contributed by atoms with van der Waals surface area (Å²) in [7, 11) is 1.73. The fourth-order valence-electron chi connectivity index (χ4n) is 2.18. The van der Waals surface area contributed by atoms with Gasteiger partial charge in [0.05, 0.1) is 7.11 Å². The van der Waals surface area contributed by atoms with Gasteiger partial charge in [0, 0.05) is 5.33 Å². The number of fused-ring (bicyclic) bond motifs is 1. The molecule has 2 heteroatoms. The van der Waals surface area contributed by atoms with Crippen LogP contribution in [-0.4, -0.2) is 12.4 Å². The Morgan fingerprint density at radius 2 is 2.36 bits per heavy atom. The minimum atomic E-state index is 0.699. The lowest BCUT2D eigenvalue weighted by Gasteiger charge is -2.24. The third kappa shape index (κ3) is 1.81. The molecule has 1 aliphatic carbocycles. The van der Waals surface area contributed by atoms with Gasteiger partial charge in [-0.15, -0.1) is 0 Å². The second kappa shape index (κ2) is 4.35. The van der Waals surface area contributed by atoms with Gasteiger partial charge in [0.15, 0.2) is 0 Å². The molecule has 1 aromatic carbocycles. The molecule has 2 rings (SSSR count). The van der Waals surface area contributed by atoms with Crippen molar-refractivity contribution in [3.8, 4) is 5.75 Å². The van der Waals surface area contributed by atoms with E-state index < -0.39 is 0 Å². The van der Waals surface area contributed by atoms with E-state index in [1.165, 1.54) is 30.4 Å². The molecule has 1 unspecified atom stereocenters. The lowest BCUT2D eigenvalue weighted by atomic mass is 9.84. The summed E-state index contributed by atoms with van der Waals surface area (Å²) in [6, 6.07) is 6.48. The van der Waals surface area contributed by atoms with E-state index in [1.54, 1.807) is 7.11 Å². The fraction of sp³-hybridized carbons (Fsp3) is 0.500. The predicted molar refractivity (Wildman–Crippen MR) is 62.5 cm³/mol. The van der Waals surface area contributed by atoms with E-state index in [4.69, 9.17) is 4.74 Å². The van der Waals surface area contributed by atoms with Crippen LogP contribution in [0.3, 0.4) is 0 Å². The summed E-state index contributed by atoms with van der Waals surface area (Å²) in [5, 5.41) is 1.08. The van der Waals surface area contributed by atoms with Gasteiger partial charge < -0.3 is 4.74 Å². The Morgan fingerprint density at radius 1 is 1.50 bits per heavy atom. The van der Waals surface area contributed by atoms with E-state index in [2.05, 4.69) is 34.1 Å². The highest BCUT2D eigenvalue weighted by Crippen LogP contribution is 2.34. The zero-order chi connectivity index (χ0) is 9.97. The van der Waals surface area contributed by atoms with Crippen LogP contribution in [0, 0.1) is 0 Å². The van der Waals surface area contributed by atoms with Gasteiger partial charge >= 0.3 is 0 Å². The Hall–Kier alpha value is -0.500. The number of methoxy groups -OCH3 is 1. The molecule has 0 amide bonds. The van der Waals surface area contributed by atoms with Gasteiger partial charge in [-0.2, -0.15) is 0 Å². The molecule has 0 saturated carbocycles. The molecule has 1 aromatic rings. The zero-order valence-corrected chi connectivity index (χ0v) is 10.0. The number of hydrogen-bond donors (Lipinski definition) is 0. The number of rotatable bonds is 2. The molecule has 14 heavy (non-hydrogen) atoms. The van der Waals surface area contributed by atoms with Crippen molar-refractivity contribution in [2.75, 3.05) is 12.4 Å². The van der Waals surface area contributed by atoms with E-state index in [1.807, 2.05) is 0 Å². The fourth-order valence-corrected chi connectivity index (χ4v) is 2.85. The van der Waals surface area contributed by atoms with Gasteiger partial charge in [0.25, 0.3) is 0 Å². The Bertz CT molecular complexity index is 322. The highest BCUT2D eigenvalue weighted by molar-refractivity contribution is 9.09. The maximum atomic E-state index is 5.24. The predicted octanol–water partition coefficient (Wildman–Crippen LogP) is 3.51. The minimum absolute atomic E-state index is 0.699. The average Bonchev–Trinajstić information content (AvgIpc) is 2.27. The third-order valence-corrected chi connectivity index (χ3v) is 3.76. The Balaban J connectivity index is 2.35. The first-order valence-corrected chi connectivity index (χ1v) is 6.20. The van der Waals surface area contributed by atoms with Crippen LogP contribution in [0.2, 0.25) is 0 Å². The summed E-state index contributed by atoms with van der Waals surface area (Å²) < 4.78 is 5.24. The first-order chi connectivity index (χ1) is 6.85. The zero-order valence-electron chi connectivity index (χ0n) is 8.42. The number of aryl methyl sites for hydroxylation is 1.